The van der Waals surface area contributed by atoms with E-state index in [1.54, 1.807) is 19.2 Å². The van der Waals surface area contributed by atoms with Gasteiger partial charge in [0, 0.05) is 16.5 Å². The Morgan fingerprint density at radius 1 is 1.42 bits per heavy atom. The summed E-state index contributed by atoms with van der Waals surface area (Å²) >= 11 is 0. The van der Waals surface area contributed by atoms with Crippen molar-refractivity contribution in [3.05, 3.63) is 29.6 Å². The third-order valence-corrected chi connectivity index (χ3v) is 3.74. The van der Waals surface area contributed by atoms with E-state index in [2.05, 4.69) is 0 Å². The number of methoxy groups -OCH3 is 1. The summed E-state index contributed by atoms with van der Waals surface area (Å²) in [4.78, 5) is 0. The highest BCUT2D eigenvalue weighted by molar-refractivity contribution is 5.41. The molecule has 1 aromatic carbocycles. The Hall–Kier alpha value is -1.13. The molecule has 0 amide bonds. The number of halogens is 1. The zero-order chi connectivity index (χ0) is 14.1. The molecular weight excluding hydrogens is 245 g/mol. The topological polar surface area (TPSA) is 44.5 Å². The molecule has 2 N–H and O–H groups in total. The third-order valence-electron chi connectivity index (χ3n) is 3.74. The van der Waals surface area contributed by atoms with Gasteiger partial charge in [-0.25, -0.2) is 4.39 Å². The lowest BCUT2D eigenvalue weighted by molar-refractivity contribution is -0.0679. The fourth-order valence-electron chi connectivity index (χ4n) is 2.44. The van der Waals surface area contributed by atoms with Gasteiger partial charge in [0.2, 0.25) is 0 Å². The third kappa shape index (κ3) is 3.07. The highest BCUT2D eigenvalue weighted by Crippen LogP contribution is 2.42. The van der Waals surface area contributed by atoms with E-state index in [0.717, 1.165) is 24.2 Å². The summed E-state index contributed by atoms with van der Waals surface area (Å²) in [7, 11) is 1.61. The van der Waals surface area contributed by atoms with Crippen LogP contribution in [0.1, 0.15) is 32.3 Å². The van der Waals surface area contributed by atoms with Crippen molar-refractivity contribution < 1.29 is 13.9 Å². The summed E-state index contributed by atoms with van der Waals surface area (Å²) in [6.45, 7) is 5.21. The normalized spacial score (nSPS) is 17.9. The van der Waals surface area contributed by atoms with Crippen LogP contribution in [0.25, 0.3) is 0 Å². The van der Waals surface area contributed by atoms with Crippen LogP contribution < -0.4 is 10.5 Å². The van der Waals surface area contributed by atoms with Crippen LogP contribution in [0, 0.1) is 5.82 Å². The molecular formula is C15H22FNO2. The zero-order valence-corrected chi connectivity index (χ0v) is 11.8. The number of ether oxygens (including phenoxy) is 2. The molecule has 0 unspecified atom stereocenters. The smallest absolute Gasteiger partial charge is 0.123 e. The van der Waals surface area contributed by atoms with Crippen molar-refractivity contribution in [2.24, 2.45) is 5.73 Å². The zero-order valence-electron chi connectivity index (χ0n) is 11.8. The lowest BCUT2D eigenvalue weighted by atomic mass is 9.72. The first-order valence-electron chi connectivity index (χ1n) is 6.57. The van der Waals surface area contributed by atoms with Crippen LogP contribution in [0.4, 0.5) is 4.39 Å². The number of benzene rings is 1. The van der Waals surface area contributed by atoms with E-state index in [-0.39, 0.29) is 16.8 Å². The van der Waals surface area contributed by atoms with Crippen LogP contribution in [-0.4, -0.2) is 25.9 Å². The minimum absolute atomic E-state index is 0.163. The molecule has 106 valence electrons. The van der Waals surface area contributed by atoms with Crippen molar-refractivity contribution in [3.63, 3.8) is 0 Å². The molecule has 1 aliphatic heterocycles. The Balaban J connectivity index is 2.28. The maximum atomic E-state index is 13.5. The Labute approximate surface area is 113 Å². The first-order valence-corrected chi connectivity index (χ1v) is 6.57. The average Bonchev–Trinajstić information content (AvgIpc) is 2.26. The molecule has 0 spiro atoms. The predicted octanol–water partition coefficient (Wildman–Crippen LogP) is 2.62. The van der Waals surface area contributed by atoms with Crippen molar-refractivity contribution in [1.82, 2.24) is 0 Å². The van der Waals surface area contributed by atoms with E-state index < -0.39 is 0 Å². The van der Waals surface area contributed by atoms with E-state index in [4.69, 9.17) is 15.2 Å². The second-order valence-corrected chi connectivity index (χ2v) is 6.11. The fourth-order valence-corrected chi connectivity index (χ4v) is 2.44. The minimum atomic E-state index is -0.242. The van der Waals surface area contributed by atoms with Crippen LogP contribution in [0.3, 0.4) is 0 Å². The maximum Gasteiger partial charge on any atom is 0.123 e. The summed E-state index contributed by atoms with van der Waals surface area (Å²) in [5.74, 6) is 0.480. The Kier molecular flexibility index (Phi) is 3.83. The number of hydrogen-bond acceptors (Lipinski definition) is 3. The quantitative estimate of drug-likeness (QED) is 0.892. The molecule has 0 radical (unpaired) electrons. The van der Waals surface area contributed by atoms with Gasteiger partial charge in [-0.05, 0) is 44.9 Å². The maximum absolute atomic E-state index is 13.5. The molecule has 3 nitrogen and oxygen atoms in total. The van der Waals surface area contributed by atoms with Gasteiger partial charge in [0.05, 0.1) is 20.3 Å². The molecule has 0 aliphatic carbocycles. The SMILES string of the molecule is COc1ccc(F)cc1C1(CCC(C)(C)N)COC1. The van der Waals surface area contributed by atoms with Gasteiger partial charge >= 0.3 is 0 Å². The number of rotatable bonds is 5. The summed E-state index contributed by atoms with van der Waals surface area (Å²) in [6.07, 6.45) is 1.73. The molecule has 1 saturated heterocycles. The molecule has 1 aliphatic rings. The largest absolute Gasteiger partial charge is 0.496 e. The Bertz CT molecular complexity index is 450. The molecule has 1 heterocycles. The molecule has 1 aromatic rings. The van der Waals surface area contributed by atoms with Gasteiger partial charge < -0.3 is 15.2 Å². The molecule has 0 saturated carbocycles. The first-order chi connectivity index (χ1) is 8.86. The summed E-state index contributed by atoms with van der Waals surface area (Å²) in [5, 5.41) is 0. The average molecular weight is 267 g/mol. The minimum Gasteiger partial charge on any atom is -0.496 e. The summed E-state index contributed by atoms with van der Waals surface area (Å²) in [5.41, 5.74) is 6.55. The van der Waals surface area contributed by atoms with Gasteiger partial charge in [0.15, 0.2) is 0 Å². The van der Waals surface area contributed by atoms with E-state index in [0.29, 0.717) is 13.2 Å². The number of nitrogens with two attached hydrogens (primary N) is 1. The lowest BCUT2D eigenvalue weighted by Gasteiger charge is -2.44. The molecule has 1 fully saturated rings. The fraction of sp³-hybridized carbons (Fsp3) is 0.600. The molecule has 0 aromatic heterocycles. The number of hydrogen-bond donors (Lipinski definition) is 1. The van der Waals surface area contributed by atoms with Crippen molar-refractivity contribution in [1.29, 1.82) is 0 Å². The second kappa shape index (κ2) is 5.10. The van der Waals surface area contributed by atoms with Crippen molar-refractivity contribution >= 4 is 0 Å². The molecule has 0 atom stereocenters. The van der Waals surface area contributed by atoms with Crippen LogP contribution >= 0.6 is 0 Å². The van der Waals surface area contributed by atoms with E-state index in [9.17, 15) is 4.39 Å². The van der Waals surface area contributed by atoms with Gasteiger partial charge in [-0.1, -0.05) is 0 Å². The van der Waals surface area contributed by atoms with Crippen LogP contribution in [0.5, 0.6) is 5.75 Å². The van der Waals surface area contributed by atoms with Crippen molar-refractivity contribution in [2.75, 3.05) is 20.3 Å². The van der Waals surface area contributed by atoms with Gasteiger partial charge in [-0.2, -0.15) is 0 Å². The lowest BCUT2D eigenvalue weighted by Crippen LogP contribution is -2.48. The Morgan fingerprint density at radius 2 is 2.11 bits per heavy atom. The van der Waals surface area contributed by atoms with Crippen molar-refractivity contribution in [3.8, 4) is 5.75 Å². The van der Waals surface area contributed by atoms with E-state index in [1.807, 2.05) is 13.8 Å². The summed E-state index contributed by atoms with van der Waals surface area (Å²) < 4.78 is 24.3. The van der Waals surface area contributed by atoms with Crippen LogP contribution in [0.2, 0.25) is 0 Å². The second-order valence-electron chi connectivity index (χ2n) is 6.11. The Morgan fingerprint density at radius 3 is 2.58 bits per heavy atom. The van der Waals surface area contributed by atoms with E-state index >= 15 is 0 Å². The first kappa shape index (κ1) is 14.3. The van der Waals surface area contributed by atoms with Gasteiger partial charge in [-0.3, -0.25) is 0 Å². The van der Waals surface area contributed by atoms with Crippen LogP contribution in [0.15, 0.2) is 18.2 Å². The summed E-state index contributed by atoms with van der Waals surface area (Å²) in [6, 6.07) is 4.66. The highest BCUT2D eigenvalue weighted by atomic mass is 19.1. The van der Waals surface area contributed by atoms with Gasteiger partial charge in [0.1, 0.15) is 11.6 Å². The van der Waals surface area contributed by atoms with Gasteiger partial charge in [0.25, 0.3) is 0 Å². The predicted molar refractivity (Wildman–Crippen MR) is 72.9 cm³/mol. The van der Waals surface area contributed by atoms with Gasteiger partial charge in [-0.15, -0.1) is 0 Å². The van der Waals surface area contributed by atoms with Crippen LogP contribution in [-0.2, 0) is 10.2 Å². The molecule has 4 heteroatoms. The van der Waals surface area contributed by atoms with E-state index in [1.165, 1.54) is 6.07 Å². The van der Waals surface area contributed by atoms with Crippen molar-refractivity contribution in [2.45, 2.75) is 37.6 Å². The standard InChI is InChI=1S/C15H22FNO2/c1-14(2,17)6-7-15(9-19-10-15)12-8-11(16)4-5-13(12)18-3/h4-5,8H,6-7,9-10,17H2,1-3H3. The highest BCUT2D eigenvalue weighted by Gasteiger charge is 2.43. The molecule has 0 bridgehead atoms. The molecule has 2 rings (SSSR count). The monoisotopic (exact) mass is 267 g/mol. The molecule has 19 heavy (non-hydrogen) atoms.